The molecule has 0 fully saturated rings. The summed E-state index contributed by atoms with van der Waals surface area (Å²) < 4.78 is 0. The molecule has 2 rings (SSSR count). The molecule has 1 heterocycles. The van der Waals surface area contributed by atoms with E-state index < -0.39 is 0 Å². The molecular formula is C10H12ClN. The fraction of sp³-hybridized carbons (Fsp3) is 0.500. The fourth-order valence-corrected chi connectivity index (χ4v) is 2.06. The van der Waals surface area contributed by atoms with Gasteiger partial charge in [0.25, 0.3) is 0 Å². The topological polar surface area (TPSA) is 12.9 Å². The highest BCUT2D eigenvalue weighted by Crippen LogP contribution is 2.34. The van der Waals surface area contributed by atoms with E-state index in [2.05, 4.69) is 18.0 Å². The summed E-state index contributed by atoms with van der Waals surface area (Å²) in [6, 6.07) is 4.00. The van der Waals surface area contributed by atoms with Crippen molar-refractivity contribution >= 4 is 11.6 Å². The van der Waals surface area contributed by atoms with Crippen LogP contribution in [0.4, 0.5) is 0 Å². The molecule has 12 heavy (non-hydrogen) atoms. The number of nitrogens with zero attached hydrogens (tertiary/aromatic N) is 1. The van der Waals surface area contributed by atoms with Crippen molar-refractivity contribution in [3.8, 4) is 0 Å². The van der Waals surface area contributed by atoms with Crippen LogP contribution in [0.1, 0.15) is 36.9 Å². The smallest absolute Gasteiger partial charge is 0.129 e. The van der Waals surface area contributed by atoms with Crippen LogP contribution in [0.2, 0.25) is 5.15 Å². The molecular weight excluding hydrogens is 170 g/mol. The molecule has 0 bridgehead atoms. The molecule has 0 unspecified atom stereocenters. The monoisotopic (exact) mass is 181 g/mol. The van der Waals surface area contributed by atoms with E-state index in [0.717, 1.165) is 0 Å². The quantitative estimate of drug-likeness (QED) is 0.607. The summed E-state index contributed by atoms with van der Waals surface area (Å²) in [7, 11) is 0. The van der Waals surface area contributed by atoms with Crippen LogP contribution in [0.5, 0.6) is 0 Å². The van der Waals surface area contributed by atoms with Gasteiger partial charge >= 0.3 is 0 Å². The normalized spacial score (nSPS) is 21.0. The minimum Gasteiger partial charge on any atom is -0.241 e. The van der Waals surface area contributed by atoms with Crippen LogP contribution in [0.15, 0.2) is 12.1 Å². The Morgan fingerprint density at radius 1 is 1.58 bits per heavy atom. The van der Waals surface area contributed by atoms with Gasteiger partial charge in [-0.1, -0.05) is 24.6 Å². The number of halogens is 1. The summed E-state index contributed by atoms with van der Waals surface area (Å²) in [5, 5.41) is 0.633. The zero-order valence-electron chi connectivity index (χ0n) is 7.18. The molecule has 2 heteroatoms. The second kappa shape index (κ2) is 3.06. The average Bonchev–Trinajstić information content (AvgIpc) is 2.46. The van der Waals surface area contributed by atoms with Crippen LogP contribution >= 0.6 is 11.6 Å². The maximum absolute atomic E-state index is 5.83. The van der Waals surface area contributed by atoms with E-state index in [1.807, 2.05) is 6.07 Å². The van der Waals surface area contributed by atoms with Gasteiger partial charge in [-0.2, -0.15) is 0 Å². The highest BCUT2D eigenvalue weighted by molar-refractivity contribution is 6.29. The molecule has 0 aromatic carbocycles. The third-order valence-corrected chi connectivity index (χ3v) is 2.83. The molecule has 1 aliphatic rings. The zero-order chi connectivity index (χ0) is 8.55. The summed E-state index contributed by atoms with van der Waals surface area (Å²) >= 11 is 5.83. The molecule has 1 nitrogen and oxygen atoms in total. The molecule has 0 N–H and O–H groups in total. The maximum Gasteiger partial charge on any atom is 0.129 e. The van der Waals surface area contributed by atoms with Gasteiger partial charge in [-0.25, -0.2) is 4.98 Å². The second-order valence-electron chi connectivity index (χ2n) is 3.32. The summed E-state index contributed by atoms with van der Waals surface area (Å²) in [4.78, 5) is 4.37. The van der Waals surface area contributed by atoms with Crippen molar-refractivity contribution in [2.45, 2.75) is 32.1 Å². The van der Waals surface area contributed by atoms with Crippen LogP contribution < -0.4 is 0 Å². The van der Waals surface area contributed by atoms with Crippen molar-refractivity contribution in [3.63, 3.8) is 0 Å². The third kappa shape index (κ3) is 1.22. The molecule has 1 aliphatic carbocycles. The van der Waals surface area contributed by atoms with Crippen molar-refractivity contribution < 1.29 is 0 Å². The van der Waals surface area contributed by atoms with Gasteiger partial charge in [-0.05, 0) is 30.9 Å². The van der Waals surface area contributed by atoms with Crippen molar-refractivity contribution in [3.05, 3.63) is 28.5 Å². The van der Waals surface area contributed by atoms with E-state index in [1.165, 1.54) is 30.5 Å². The van der Waals surface area contributed by atoms with Gasteiger partial charge in [0.05, 0.1) is 0 Å². The van der Waals surface area contributed by atoms with E-state index in [0.29, 0.717) is 11.1 Å². The lowest BCUT2D eigenvalue weighted by atomic mass is 10.0. The number of rotatable bonds is 1. The number of pyridine rings is 1. The van der Waals surface area contributed by atoms with Crippen LogP contribution in [0, 0.1) is 0 Å². The summed E-state index contributed by atoms with van der Waals surface area (Å²) in [5.74, 6) is 0.652. The standard InChI is InChI=1S/C10H12ClN/c1-2-7-3-4-8-5-6-9(11)12-10(7)8/h5-7H,2-4H2,1H3/t7-/m0/s1. The zero-order valence-corrected chi connectivity index (χ0v) is 7.93. The van der Waals surface area contributed by atoms with Crippen LogP contribution in [-0.2, 0) is 6.42 Å². The van der Waals surface area contributed by atoms with Gasteiger partial charge in [0.2, 0.25) is 0 Å². The molecule has 1 atom stereocenters. The Bertz CT molecular complexity index is 296. The van der Waals surface area contributed by atoms with E-state index in [-0.39, 0.29) is 0 Å². The van der Waals surface area contributed by atoms with Crippen molar-refractivity contribution in [2.24, 2.45) is 0 Å². The minimum atomic E-state index is 0.633. The Hall–Kier alpha value is -0.560. The number of aryl methyl sites for hydroxylation is 1. The first kappa shape index (κ1) is 8.06. The third-order valence-electron chi connectivity index (χ3n) is 2.62. The molecule has 0 saturated carbocycles. The van der Waals surface area contributed by atoms with Crippen molar-refractivity contribution in [1.29, 1.82) is 0 Å². The SMILES string of the molecule is CC[C@H]1CCc2ccc(Cl)nc21. The summed E-state index contributed by atoms with van der Waals surface area (Å²) in [6.45, 7) is 2.21. The van der Waals surface area contributed by atoms with Crippen LogP contribution in [0.3, 0.4) is 0 Å². The van der Waals surface area contributed by atoms with Crippen LogP contribution in [0.25, 0.3) is 0 Å². The highest BCUT2D eigenvalue weighted by Gasteiger charge is 2.22. The second-order valence-corrected chi connectivity index (χ2v) is 3.71. The van der Waals surface area contributed by atoms with Gasteiger partial charge in [-0.15, -0.1) is 0 Å². The molecule has 0 spiro atoms. The first-order valence-electron chi connectivity index (χ1n) is 4.46. The fourth-order valence-electron chi connectivity index (χ4n) is 1.91. The molecule has 0 aliphatic heterocycles. The van der Waals surface area contributed by atoms with Gasteiger partial charge in [-0.3, -0.25) is 0 Å². The summed E-state index contributed by atoms with van der Waals surface area (Å²) in [5.41, 5.74) is 2.64. The van der Waals surface area contributed by atoms with E-state index in [4.69, 9.17) is 11.6 Å². The first-order valence-corrected chi connectivity index (χ1v) is 4.84. The van der Waals surface area contributed by atoms with Crippen LogP contribution in [-0.4, -0.2) is 4.98 Å². The lowest BCUT2D eigenvalue weighted by Gasteiger charge is -2.06. The number of aromatic nitrogens is 1. The number of hydrogen-bond donors (Lipinski definition) is 0. The number of fused-ring (bicyclic) bond motifs is 1. The summed E-state index contributed by atoms with van der Waals surface area (Å²) in [6.07, 6.45) is 3.61. The maximum atomic E-state index is 5.83. The first-order chi connectivity index (χ1) is 5.81. The molecule has 0 radical (unpaired) electrons. The Morgan fingerprint density at radius 2 is 2.42 bits per heavy atom. The van der Waals surface area contributed by atoms with Crippen molar-refractivity contribution in [2.75, 3.05) is 0 Å². The Morgan fingerprint density at radius 3 is 3.17 bits per heavy atom. The Balaban J connectivity index is 2.42. The van der Waals surface area contributed by atoms with Gasteiger partial charge < -0.3 is 0 Å². The lowest BCUT2D eigenvalue weighted by molar-refractivity contribution is 0.643. The van der Waals surface area contributed by atoms with E-state index in [9.17, 15) is 0 Å². The lowest BCUT2D eigenvalue weighted by Crippen LogP contribution is -1.94. The molecule has 0 saturated heterocycles. The predicted octanol–water partition coefficient (Wildman–Crippen LogP) is 3.17. The predicted molar refractivity (Wildman–Crippen MR) is 50.6 cm³/mol. The minimum absolute atomic E-state index is 0.633. The molecule has 1 aromatic rings. The highest BCUT2D eigenvalue weighted by atomic mass is 35.5. The van der Waals surface area contributed by atoms with Gasteiger partial charge in [0.1, 0.15) is 5.15 Å². The average molecular weight is 182 g/mol. The molecule has 1 aromatic heterocycles. The van der Waals surface area contributed by atoms with Gasteiger partial charge in [0, 0.05) is 11.6 Å². The number of hydrogen-bond acceptors (Lipinski definition) is 1. The Kier molecular flexibility index (Phi) is 2.05. The Labute approximate surface area is 77.8 Å². The van der Waals surface area contributed by atoms with Gasteiger partial charge in [0.15, 0.2) is 0 Å². The van der Waals surface area contributed by atoms with E-state index >= 15 is 0 Å². The molecule has 0 amide bonds. The van der Waals surface area contributed by atoms with Crippen molar-refractivity contribution in [1.82, 2.24) is 4.98 Å². The van der Waals surface area contributed by atoms with E-state index in [1.54, 1.807) is 0 Å². The largest absolute Gasteiger partial charge is 0.241 e. The molecule has 64 valence electrons.